The normalized spacial score (nSPS) is 11.8. The van der Waals surface area contributed by atoms with Gasteiger partial charge in [-0.2, -0.15) is 0 Å². The molecule has 2 heteroatoms. The fourth-order valence-electron chi connectivity index (χ4n) is 8.51. The number of fused-ring (bicyclic) bond motifs is 9. The summed E-state index contributed by atoms with van der Waals surface area (Å²) in [5, 5.41) is 10.1. The Bertz CT molecular complexity index is 3180. The summed E-state index contributed by atoms with van der Waals surface area (Å²) in [7, 11) is 0. The molecule has 2 aromatic heterocycles. The van der Waals surface area contributed by atoms with E-state index >= 15 is 0 Å². The zero-order valence-corrected chi connectivity index (χ0v) is 28.4. The zero-order valence-electron chi connectivity index (χ0n) is 28.4. The molecule has 11 rings (SSSR count). The minimum atomic E-state index is 1.16. The second-order valence-corrected chi connectivity index (χ2v) is 13.7. The summed E-state index contributed by atoms with van der Waals surface area (Å²) in [6.07, 6.45) is 0. The average Bonchev–Trinajstić information content (AvgIpc) is 3.73. The van der Waals surface area contributed by atoms with Crippen LogP contribution in [0.25, 0.3) is 98.8 Å². The molecule has 2 nitrogen and oxygen atoms in total. The van der Waals surface area contributed by atoms with Gasteiger partial charge in [0.15, 0.2) is 0 Å². The van der Waals surface area contributed by atoms with E-state index in [0.29, 0.717) is 0 Å². The van der Waals surface area contributed by atoms with E-state index in [1.54, 1.807) is 0 Å². The predicted molar refractivity (Wildman–Crippen MR) is 221 cm³/mol. The van der Waals surface area contributed by atoms with Crippen molar-refractivity contribution in [3.8, 4) is 33.6 Å². The molecule has 11 aromatic rings. The molecule has 0 bridgehead atoms. The van der Waals surface area contributed by atoms with Gasteiger partial charge in [-0.25, -0.2) is 0 Å². The van der Waals surface area contributed by atoms with Crippen molar-refractivity contribution in [2.75, 3.05) is 0 Å². The van der Waals surface area contributed by atoms with Gasteiger partial charge in [-0.15, -0.1) is 0 Å². The highest BCUT2D eigenvalue weighted by atomic mass is 15.0. The van der Waals surface area contributed by atoms with Gasteiger partial charge in [0.1, 0.15) is 0 Å². The molecule has 9 aromatic carbocycles. The molecule has 0 spiro atoms. The highest BCUT2D eigenvalue weighted by Gasteiger charge is 2.18. The Balaban J connectivity index is 1.15. The summed E-state index contributed by atoms with van der Waals surface area (Å²) in [5.41, 5.74) is 12.0. The Morgan fingerprint density at radius 2 is 0.750 bits per heavy atom. The van der Waals surface area contributed by atoms with Crippen LogP contribution in [0.1, 0.15) is 0 Å². The number of para-hydroxylation sites is 2. The van der Waals surface area contributed by atoms with E-state index in [1.165, 1.54) is 93.1 Å². The van der Waals surface area contributed by atoms with Crippen LogP contribution in [0.3, 0.4) is 0 Å². The van der Waals surface area contributed by atoms with Gasteiger partial charge in [-0.3, -0.25) is 0 Å². The third-order valence-corrected chi connectivity index (χ3v) is 10.9. The molecule has 52 heavy (non-hydrogen) atoms. The maximum atomic E-state index is 2.48. The van der Waals surface area contributed by atoms with E-state index in [0.717, 1.165) is 5.69 Å². The minimum absolute atomic E-state index is 1.16. The van der Waals surface area contributed by atoms with Crippen molar-refractivity contribution >= 4 is 65.2 Å². The van der Waals surface area contributed by atoms with Crippen molar-refractivity contribution in [2.45, 2.75) is 0 Å². The SMILES string of the molecule is c1ccc(-c2cccc(-n3c4ccccc4c4ccc(-c5ccc6c7ccccc7n(-c7cc8ccccc8c8ccccc78)c6c5)cc43)c2)cc1. The molecular formula is C50H32N2. The second kappa shape index (κ2) is 11.3. The van der Waals surface area contributed by atoms with Crippen LogP contribution in [-0.4, -0.2) is 9.13 Å². The molecule has 0 saturated carbocycles. The molecule has 0 radical (unpaired) electrons. The fraction of sp³-hybridized carbons (Fsp3) is 0. The molecule has 0 saturated heterocycles. The summed E-state index contributed by atoms with van der Waals surface area (Å²) in [5.74, 6) is 0. The van der Waals surface area contributed by atoms with E-state index in [1.807, 2.05) is 0 Å². The van der Waals surface area contributed by atoms with E-state index < -0.39 is 0 Å². The lowest BCUT2D eigenvalue weighted by Crippen LogP contribution is -1.96. The van der Waals surface area contributed by atoms with Crippen LogP contribution < -0.4 is 0 Å². The van der Waals surface area contributed by atoms with Crippen LogP contribution in [0.15, 0.2) is 194 Å². The molecule has 242 valence electrons. The van der Waals surface area contributed by atoms with Crippen LogP contribution in [-0.2, 0) is 0 Å². The molecule has 0 fully saturated rings. The van der Waals surface area contributed by atoms with Gasteiger partial charge in [0.25, 0.3) is 0 Å². The van der Waals surface area contributed by atoms with E-state index in [-0.39, 0.29) is 0 Å². The topological polar surface area (TPSA) is 9.86 Å². The third kappa shape index (κ3) is 4.31. The number of benzene rings is 9. The lowest BCUT2D eigenvalue weighted by molar-refractivity contribution is 1.18. The summed E-state index contributed by atoms with van der Waals surface area (Å²) < 4.78 is 4.91. The van der Waals surface area contributed by atoms with Gasteiger partial charge in [0.2, 0.25) is 0 Å². The minimum Gasteiger partial charge on any atom is -0.309 e. The highest BCUT2D eigenvalue weighted by Crippen LogP contribution is 2.40. The van der Waals surface area contributed by atoms with Crippen LogP contribution in [0, 0.1) is 0 Å². The van der Waals surface area contributed by atoms with E-state index in [9.17, 15) is 0 Å². The van der Waals surface area contributed by atoms with E-state index in [2.05, 4.69) is 203 Å². The zero-order chi connectivity index (χ0) is 34.2. The Hall–Kier alpha value is -6.90. The lowest BCUT2D eigenvalue weighted by atomic mass is 9.99. The Morgan fingerprint density at radius 3 is 1.46 bits per heavy atom. The molecule has 0 amide bonds. The largest absolute Gasteiger partial charge is 0.309 e. The first-order valence-corrected chi connectivity index (χ1v) is 17.9. The first-order chi connectivity index (χ1) is 25.8. The molecule has 0 atom stereocenters. The van der Waals surface area contributed by atoms with Gasteiger partial charge in [-0.1, -0.05) is 152 Å². The lowest BCUT2D eigenvalue weighted by Gasteiger charge is -2.15. The summed E-state index contributed by atoms with van der Waals surface area (Å²) >= 11 is 0. The van der Waals surface area contributed by atoms with Crippen molar-refractivity contribution in [2.24, 2.45) is 0 Å². The summed E-state index contributed by atoms with van der Waals surface area (Å²) in [6.45, 7) is 0. The molecule has 0 N–H and O–H groups in total. The third-order valence-electron chi connectivity index (χ3n) is 10.9. The van der Waals surface area contributed by atoms with E-state index in [4.69, 9.17) is 0 Å². The smallest absolute Gasteiger partial charge is 0.0547 e. The van der Waals surface area contributed by atoms with Gasteiger partial charge in [-0.05, 0) is 80.9 Å². The average molecular weight is 661 g/mol. The predicted octanol–water partition coefficient (Wildman–Crippen LogP) is 13.5. The Morgan fingerprint density at radius 1 is 0.250 bits per heavy atom. The number of rotatable bonds is 4. The highest BCUT2D eigenvalue weighted by molar-refractivity contribution is 6.16. The van der Waals surface area contributed by atoms with Crippen molar-refractivity contribution in [1.29, 1.82) is 0 Å². The van der Waals surface area contributed by atoms with Crippen LogP contribution >= 0.6 is 0 Å². The molecule has 2 heterocycles. The Kier molecular flexibility index (Phi) is 6.28. The van der Waals surface area contributed by atoms with Crippen molar-refractivity contribution in [3.63, 3.8) is 0 Å². The van der Waals surface area contributed by atoms with Crippen LogP contribution in [0.5, 0.6) is 0 Å². The molecule has 0 unspecified atom stereocenters. The van der Waals surface area contributed by atoms with Gasteiger partial charge in [0.05, 0.1) is 27.8 Å². The van der Waals surface area contributed by atoms with Gasteiger partial charge >= 0.3 is 0 Å². The molecular weight excluding hydrogens is 629 g/mol. The van der Waals surface area contributed by atoms with Crippen molar-refractivity contribution in [3.05, 3.63) is 194 Å². The summed E-state index contributed by atoms with van der Waals surface area (Å²) in [4.78, 5) is 0. The van der Waals surface area contributed by atoms with Crippen molar-refractivity contribution in [1.82, 2.24) is 9.13 Å². The number of nitrogens with zero attached hydrogens (tertiary/aromatic N) is 2. The summed E-state index contributed by atoms with van der Waals surface area (Å²) in [6, 6.07) is 71.0. The number of hydrogen-bond acceptors (Lipinski definition) is 0. The molecule has 0 aliphatic rings. The fourth-order valence-corrected chi connectivity index (χ4v) is 8.51. The van der Waals surface area contributed by atoms with Crippen molar-refractivity contribution < 1.29 is 0 Å². The Labute approximate surface area is 301 Å². The van der Waals surface area contributed by atoms with Crippen LogP contribution in [0.2, 0.25) is 0 Å². The quantitative estimate of drug-likeness (QED) is 0.166. The molecule has 0 aliphatic carbocycles. The number of aromatic nitrogens is 2. The van der Waals surface area contributed by atoms with Crippen LogP contribution in [0.4, 0.5) is 0 Å². The number of hydrogen-bond donors (Lipinski definition) is 0. The second-order valence-electron chi connectivity index (χ2n) is 13.7. The standard InChI is InChI=1S/C50H32N2/c1-2-13-33(14-3-1)34-16-12-17-38(29-34)51-46-23-10-8-21-42(46)44-27-25-35(30-48(44)51)36-26-28-45-43-22-9-11-24-47(43)52(49(45)31-36)50-32-37-15-4-5-18-39(37)40-19-6-7-20-41(40)50/h1-32H. The van der Waals surface area contributed by atoms with Gasteiger partial charge in [0, 0.05) is 32.6 Å². The molecule has 0 aliphatic heterocycles. The maximum absolute atomic E-state index is 2.48. The monoisotopic (exact) mass is 660 g/mol. The first-order valence-electron chi connectivity index (χ1n) is 17.9. The maximum Gasteiger partial charge on any atom is 0.0547 e. The first kappa shape index (κ1) is 28.9. The van der Waals surface area contributed by atoms with Gasteiger partial charge < -0.3 is 9.13 Å².